The Hall–Kier alpha value is -1.76. The number of aryl methyl sites for hydroxylation is 1. The van der Waals surface area contributed by atoms with E-state index in [4.69, 9.17) is 4.74 Å². The highest BCUT2D eigenvalue weighted by atomic mass is 16.5. The summed E-state index contributed by atoms with van der Waals surface area (Å²) in [4.78, 5) is 0. The van der Waals surface area contributed by atoms with Gasteiger partial charge in [-0.25, -0.2) is 0 Å². The lowest BCUT2D eigenvalue weighted by atomic mass is 10.0. The Morgan fingerprint density at radius 1 is 0.667 bits per heavy atom. The SMILES string of the molecule is CC.CC.CC.COc1cccc(-c2ccc(C)cc2)c1. The second kappa shape index (κ2) is 14.6. The molecule has 1 nitrogen and oxygen atoms in total. The minimum absolute atomic E-state index is 0.896. The Kier molecular flexibility index (Phi) is 15.0. The maximum absolute atomic E-state index is 5.20. The average molecular weight is 288 g/mol. The van der Waals surface area contributed by atoms with Gasteiger partial charge < -0.3 is 4.74 Å². The number of ether oxygens (including phenoxy) is 1. The molecular formula is C20H32O. The lowest BCUT2D eigenvalue weighted by Crippen LogP contribution is -1.83. The number of hydrogen-bond donors (Lipinski definition) is 0. The zero-order valence-corrected chi connectivity index (χ0v) is 15.0. The highest BCUT2D eigenvalue weighted by Crippen LogP contribution is 2.23. The molecule has 0 saturated heterocycles. The normalized spacial score (nSPS) is 8.00. The number of methoxy groups -OCH3 is 1. The van der Waals surface area contributed by atoms with Crippen LogP contribution in [0.15, 0.2) is 48.5 Å². The van der Waals surface area contributed by atoms with Crippen LogP contribution in [0.1, 0.15) is 47.1 Å². The lowest BCUT2D eigenvalue weighted by molar-refractivity contribution is 0.415. The molecule has 0 spiro atoms. The summed E-state index contributed by atoms with van der Waals surface area (Å²) in [5.41, 5.74) is 3.69. The number of hydrogen-bond acceptors (Lipinski definition) is 1. The molecule has 0 aliphatic rings. The van der Waals surface area contributed by atoms with Gasteiger partial charge in [0.1, 0.15) is 5.75 Å². The molecule has 2 aromatic rings. The van der Waals surface area contributed by atoms with Crippen molar-refractivity contribution in [2.24, 2.45) is 0 Å². The summed E-state index contributed by atoms with van der Waals surface area (Å²) >= 11 is 0. The molecule has 0 aliphatic heterocycles. The van der Waals surface area contributed by atoms with Gasteiger partial charge in [-0.15, -0.1) is 0 Å². The predicted octanol–water partition coefficient (Wildman–Crippen LogP) is 6.75. The minimum atomic E-state index is 0.896. The van der Waals surface area contributed by atoms with E-state index >= 15 is 0 Å². The topological polar surface area (TPSA) is 9.23 Å². The molecule has 0 aromatic heterocycles. The third-order valence-corrected chi connectivity index (χ3v) is 2.45. The van der Waals surface area contributed by atoms with Crippen LogP contribution in [0.3, 0.4) is 0 Å². The molecule has 0 amide bonds. The molecule has 118 valence electrons. The van der Waals surface area contributed by atoms with Crippen molar-refractivity contribution in [1.82, 2.24) is 0 Å². The largest absolute Gasteiger partial charge is 0.497 e. The van der Waals surface area contributed by atoms with Crippen molar-refractivity contribution in [2.75, 3.05) is 7.11 Å². The van der Waals surface area contributed by atoms with Gasteiger partial charge >= 0.3 is 0 Å². The molecule has 0 fully saturated rings. The molecule has 0 saturated carbocycles. The van der Waals surface area contributed by atoms with Crippen LogP contribution >= 0.6 is 0 Å². The fourth-order valence-corrected chi connectivity index (χ4v) is 1.55. The van der Waals surface area contributed by atoms with E-state index in [-0.39, 0.29) is 0 Å². The van der Waals surface area contributed by atoms with Crippen LogP contribution in [0.4, 0.5) is 0 Å². The van der Waals surface area contributed by atoms with E-state index in [1.165, 1.54) is 16.7 Å². The van der Waals surface area contributed by atoms with Crippen LogP contribution in [0.25, 0.3) is 11.1 Å². The molecule has 0 aliphatic carbocycles. The standard InChI is InChI=1S/C14H14O.3C2H6/c1-11-6-8-12(9-7-11)13-4-3-5-14(10-13)15-2;3*1-2/h3-10H,1-2H3;3*1-2H3. The van der Waals surface area contributed by atoms with E-state index in [1.54, 1.807) is 7.11 Å². The van der Waals surface area contributed by atoms with E-state index in [0.29, 0.717) is 0 Å². The fraction of sp³-hybridized carbons (Fsp3) is 0.400. The van der Waals surface area contributed by atoms with Gasteiger partial charge in [-0.3, -0.25) is 0 Å². The Labute approximate surface area is 132 Å². The first-order valence-electron chi connectivity index (χ1n) is 8.01. The maximum Gasteiger partial charge on any atom is 0.119 e. The summed E-state index contributed by atoms with van der Waals surface area (Å²) in [6.45, 7) is 14.1. The van der Waals surface area contributed by atoms with Gasteiger partial charge in [0.15, 0.2) is 0 Å². The fourth-order valence-electron chi connectivity index (χ4n) is 1.55. The van der Waals surface area contributed by atoms with Gasteiger partial charge in [-0.2, -0.15) is 0 Å². The molecule has 2 aromatic carbocycles. The van der Waals surface area contributed by atoms with Crippen molar-refractivity contribution in [2.45, 2.75) is 48.5 Å². The highest BCUT2D eigenvalue weighted by Gasteiger charge is 1.98. The summed E-state index contributed by atoms with van der Waals surface area (Å²) < 4.78 is 5.20. The monoisotopic (exact) mass is 288 g/mol. The first kappa shape index (κ1) is 21.5. The first-order valence-corrected chi connectivity index (χ1v) is 8.01. The van der Waals surface area contributed by atoms with Crippen LogP contribution in [-0.2, 0) is 0 Å². The first-order chi connectivity index (χ1) is 10.3. The summed E-state index contributed by atoms with van der Waals surface area (Å²) in [5.74, 6) is 0.896. The summed E-state index contributed by atoms with van der Waals surface area (Å²) in [6, 6.07) is 16.6. The van der Waals surface area contributed by atoms with Crippen molar-refractivity contribution >= 4 is 0 Å². The second-order valence-corrected chi connectivity index (χ2v) is 3.60. The van der Waals surface area contributed by atoms with Crippen LogP contribution < -0.4 is 4.74 Å². The van der Waals surface area contributed by atoms with Gasteiger partial charge in [-0.05, 0) is 30.2 Å². The van der Waals surface area contributed by atoms with E-state index in [0.717, 1.165) is 5.75 Å². The summed E-state index contributed by atoms with van der Waals surface area (Å²) in [7, 11) is 1.69. The van der Waals surface area contributed by atoms with Crippen molar-refractivity contribution in [3.63, 3.8) is 0 Å². The second-order valence-electron chi connectivity index (χ2n) is 3.60. The maximum atomic E-state index is 5.20. The summed E-state index contributed by atoms with van der Waals surface area (Å²) in [6.07, 6.45) is 0. The van der Waals surface area contributed by atoms with Crippen molar-refractivity contribution in [1.29, 1.82) is 0 Å². The smallest absolute Gasteiger partial charge is 0.119 e. The van der Waals surface area contributed by atoms with Gasteiger partial charge in [-0.1, -0.05) is 83.5 Å². The number of rotatable bonds is 2. The Morgan fingerprint density at radius 2 is 1.19 bits per heavy atom. The molecule has 1 heteroatoms. The quantitative estimate of drug-likeness (QED) is 0.594. The Bertz CT molecular complexity index is 444. The molecule has 0 N–H and O–H groups in total. The Balaban J connectivity index is 0. The van der Waals surface area contributed by atoms with E-state index < -0.39 is 0 Å². The molecule has 2 rings (SSSR count). The van der Waals surface area contributed by atoms with Crippen molar-refractivity contribution < 1.29 is 4.74 Å². The van der Waals surface area contributed by atoms with Crippen molar-refractivity contribution in [3.8, 4) is 16.9 Å². The van der Waals surface area contributed by atoms with E-state index in [2.05, 4.69) is 37.3 Å². The van der Waals surface area contributed by atoms with Crippen LogP contribution in [-0.4, -0.2) is 7.11 Å². The minimum Gasteiger partial charge on any atom is -0.497 e. The van der Waals surface area contributed by atoms with E-state index in [1.807, 2.05) is 59.7 Å². The summed E-state index contributed by atoms with van der Waals surface area (Å²) in [5, 5.41) is 0. The third kappa shape index (κ3) is 8.19. The molecular weight excluding hydrogens is 256 g/mol. The van der Waals surface area contributed by atoms with Crippen LogP contribution in [0.2, 0.25) is 0 Å². The van der Waals surface area contributed by atoms with E-state index in [9.17, 15) is 0 Å². The highest BCUT2D eigenvalue weighted by molar-refractivity contribution is 5.65. The van der Waals surface area contributed by atoms with Gasteiger partial charge in [0.05, 0.1) is 7.11 Å². The lowest BCUT2D eigenvalue weighted by Gasteiger charge is -2.04. The zero-order valence-electron chi connectivity index (χ0n) is 15.0. The molecule has 0 atom stereocenters. The van der Waals surface area contributed by atoms with Crippen LogP contribution in [0.5, 0.6) is 5.75 Å². The number of benzene rings is 2. The average Bonchev–Trinajstić information content (AvgIpc) is 2.61. The molecule has 0 unspecified atom stereocenters. The van der Waals surface area contributed by atoms with Gasteiger partial charge in [0, 0.05) is 0 Å². The molecule has 21 heavy (non-hydrogen) atoms. The molecule has 0 heterocycles. The Morgan fingerprint density at radius 3 is 1.67 bits per heavy atom. The van der Waals surface area contributed by atoms with Gasteiger partial charge in [0.2, 0.25) is 0 Å². The predicted molar refractivity (Wildman–Crippen MR) is 97.2 cm³/mol. The van der Waals surface area contributed by atoms with Crippen LogP contribution in [0, 0.1) is 6.92 Å². The third-order valence-electron chi connectivity index (χ3n) is 2.45. The van der Waals surface area contributed by atoms with Crippen molar-refractivity contribution in [3.05, 3.63) is 54.1 Å². The zero-order chi connectivity index (χ0) is 16.7. The molecule has 0 radical (unpaired) electrons. The van der Waals surface area contributed by atoms with Gasteiger partial charge in [0.25, 0.3) is 0 Å². The molecule has 0 bridgehead atoms.